The number of carbonyl (C=O) groups is 1. The van der Waals surface area contributed by atoms with Gasteiger partial charge in [0, 0.05) is 12.5 Å². The van der Waals surface area contributed by atoms with Gasteiger partial charge >= 0.3 is 5.97 Å². The maximum Gasteiger partial charge on any atom is 0.338 e. The van der Waals surface area contributed by atoms with Gasteiger partial charge in [0.2, 0.25) is 5.88 Å². The number of anilines is 2. The Hall–Kier alpha value is -2.56. The van der Waals surface area contributed by atoms with Gasteiger partial charge in [0.05, 0.1) is 53.7 Å². The minimum atomic E-state index is -2.91. The summed E-state index contributed by atoms with van der Waals surface area (Å²) in [5.74, 6) is -1.44. The van der Waals surface area contributed by atoms with E-state index < -0.39 is 29.2 Å². The molecule has 2 atom stereocenters. The molecule has 2 aromatic rings. The molecule has 8 nitrogen and oxygen atoms in total. The van der Waals surface area contributed by atoms with Gasteiger partial charge in [-0.3, -0.25) is 8.51 Å². The summed E-state index contributed by atoms with van der Waals surface area (Å²) < 4.78 is 49.0. The fourth-order valence-corrected chi connectivity index (χ4v) is 3.14. The maximum atomic E-state index is 14.7. The summed E-state index contributed by atoms with van der Waals surface area (Å²) in [5, 5.41) is 9.71. The van der Waals surface area contributed by atoms with Crippen molar-refractivity contribution in [3.63, 3.8) is 0 Å². The van der Waals surface area contributed by atoms with Crippen LogP contribution in [0.15, 0.2) is 30.3 Å². The molecular formula is C18H20FN2O6S-. The second-order valence-electron chi connectivity index (χ2n) is 5.77. The van der Waals surface area contributed by atoms with Gasteiger partial charge in [0.25, 0.3) is 0 Å². The third-order valence-corrected chi connectivity index (χ3v) is 4.36. The lowest BCUT2D eigenvalue weighted by Crippen LogP contribution is -2.24. The Balaban J connectivity index is 2.55. The molecule has 1 heterocycles. The van der Waals surface area contributed by atoms with Gasteiger partial charge in [-0.2, -0.15) is 0 Å². The smallest absolute Gasteiger partial charge is 0.338 e. The van der Waals surface area contributed by atoms with Crippen molar-refractivity contribution < 1.29 is 32.5 Å². The Kier molecular flexibility index (Phi) is 7.44. The molecule has 28 heavy (non-hydrogen) atoms. The molecule has 0 aliphatic rings. The monoisotopic (exact) mass is 411 g/mol. The average Bonchev–Trinajstić information content (AvgIpc) is 2.63. The first-order chi connectivity index (χ1) is 13.3. The van der Waals surface area contributed by atoms with Crippen molar-refractivity contribution in [2.45, 2.75) is 26.4 Å². The number of methoxy groups -OCH3 is 1. The molecule has 2 rings (SSSR count). The minimum Gasteiger partial charge on any atom is -0.755 e. The summed E-state index contributed by atoms with van der Waals surface area (Å²) in [4.78, 5) is 15.9. The fraction of sp³-hybridized carbons (Fsp3) is 0.333. The number of aliphatic hydroxyl groups is 1. The van der Waals surface area contributed by atoms with Crippen LogP contribution in [0.1, 0.15) is 29.9 Å². The van der Waals surface area contributed by atoms with Crippen LogP contribution >= 0.6 is 0 Å². The van der Waals surface area contributed by atoms with Crippen molar-refractivity contribution in [2.24, 2.45) is 0 Å². The van der Waals surface area contributed by atoms with Gasteiger partial charge in [-0.15, -0.1) is 0 Å². The molecule has 0 saturated heterocycles. The van der Waals surface area contributed by atoms with Gasteiger partial charge in [0.15, 0.2) is 0 Å². The zero-order chi connectivity index (χ0) is 20.8. The number of hydrogen-bond donors (Lipinski definition) is 1. The molecule has 0 radical (unpaired) electrons. The van der Waals surface area contributed by atoms with Crippen molar-refractivity contribution >= 4 is 28.6 Å². The number of ether oxygens (including phenoxy) is 2. The molecule has 0 aliphatic carbocycles. The second-order valence-corrected chi connectivity index (χ2v) is 6.57. The first-order valence-electron chi connectivity index (χ1n) is 8.36. The molecule has 10 heteroatoms. The van der Waals surface area contributed by atoms with Gasteiger partial charge in [0.1, 0.15) is 5.82 Å². The molecule has 0 spiro atoms. The number of nitrogens with zero attached hydrogens (tertiary/aromatic N) is 2. The van der Waals surface area contributed by atoms with E-state index in [1.165, 1.54) is 32.2 Å². The highest BCUT2D eigenvalue weighted by atomic mass is 32.2. The van der Waals surface area contributed by atoms with Crippen LogP contribution in [0.3, 0.4) is 0 Å². The SMILES string of the molecule is CCOC(=O)c1ccc(N(c2ccc(OC)nc2CC(C)O)S(=O)[O-])c(F)c1. The highest BCUT2D eigenvalue weighted by Crippen LogP contribution is 2.33. The number of carbonyl (C=O) groups excluding carboxylic acids is 1. The second kappa shape index (κ2) is 9.58. The van der Waals surface area contributed by atoms with E-state index in [0.717, 1.165) is 12.1 Å². The largest absolute Gasteiger partial charge is 0.755 e. The zero-order valence-corrected chi connectivity index (χ0v) is 16.4. The number of aromatic nitrogens is 1. The van der Waals surface area contributed by atoms with E-state index in [2.05, 4.69) is 4.98 Å². The van der Waals surface area contributed by atoms with Crippen LogP contribution in [-0.4, -0.2) is 44.6 Å². The zero-order valence-electron chi connectivity index (χ0n) is 15.5. The first-order valence-corrected chi connectivity index (χ1v) is 9.39. The Bertz CT molecular complexity index is 877. The predicted molar refractivity (Wildman–Crippen MR) is 99.6 cm³/mol. The number of pyridine rings is 1. The highest BCUT2D eigenvalue weighted by Gasteiger charge is 2.22. The van der Waals surface area contributed by atoms with Gasteiger partial charge in [-0.1, -0.05) is 0 Å². The number of benzene rings is 1. The number of rotatable bonds is 8. The van der Waals surface area contributed by atoms with E-state index in [-0.39, 0.29) is 41.5 Å². The molecule has 0 aliphatic heterocycles. The number of halogens is 1. The summed E-state index contributed by atoms with van der Waals surface area (Å²) in [5.41, 5.74) is -0.0952. The third-order valence-electron chi connectivity index (χ3n) is 3.67. The molecule has 1 aromatic heterocycles. The van der Waals surface area contributed by atoms with E-state index in [4.69, 9.17) is 9.47 Å². The fourth-order valence-electron chi connectivity index (χ4n) is 2.51. The summed E-state index contributed by atoms with van der Waals surface area (Å²) in [6.07, 6.45) is -0.806. The Morgan fingerprint density at radius 1 is 1.36 bits per heavy atom. The van der Waals surface area contributed by atoms with Gasteiger partial charge in [-0.05, 0) is 38.1 Å². The quantitative estimate of drug-likeness (QED) is 0.524. The van der Waals surface area contributed by atoms with E-state index in [1.807, 2.05) is 0 Å². The average molecular weight is 411 g/mol. The molecule has 2 unspecified atom stereocenters. The van der Waals surface area contributed by atoms with Gasteiger partial charge in [-0.25, -0.2) is 14.2 Å². The van der Waals surface area contributed by atoms with Crippen LogP contribution in [0.2, 0.25) is 0 Å². The van der Waals surface area contributed by atoms with E-state index in [1.54, 1.807) is 6.92 Å². The third kappa shape index (κ3) is 5.03. The molecule has 1 aromatic carbocycles. The molecule has 0 saturated carbocycles. The van der Waals surface area contributed by atoms with Crippen LogP contribution in [0, 0.1) is 5.82 Å². The highest BCUT2D eigenvalue weighted by molar-refractivity contribution is 7.81. The molecule has 0 bridgehead atoms. The minimum absolute atomic E-state index is 0.0166. The predicted octanol–water partition coefficient (Wildman–Crippen LogP) is 2.26. The lowest BCUT2D eigenvalue weighted by Gasteiger charge is -2.29. The molecule has 152 valence electrons. The molecule has 1 N–H and O–H groups in total. The lowest BCUT2D eigenvalue weighted by atomic mass is 10.1. The Morgan fingerprint density at radius 2 is 2.04 bits per heavy atom. The van der Waals surface area contributed by atoms with Crippen LogP contribution in [0.5, 0.6) is 5.88 Å². The summed E-state index contributed by atoms with van der Waals surface area (Å²) in [7, 11) is 1.39. The maximum absolute atomic E-state index is 14.7. The van der Waals surface area contributed by atoms with Crippen molar-refractivity contribution in [3.05, 3.63) is 47.4 Å². The first kappa shape index (κ1) is 21.7. The summed E-state index contributed by atoms with van der Waals surface area (Å²) in [6, 6.07) is 6.15. The molecule has 0 fully saturated rings. The normalized spacial score (nSPS) is 12.9. The summed E-state index contributed by atoms with van der Waals surface area (Å²) >= 11 is -2.91. The van der Waals surface area contributed by atoms with Crippen molar-refractivity contribution in [2.75, 3.05) is 18.0 Å². The van der Waals surface area contributed by atoms with E-state index in [0.29, 0.717) is 4.31 Å². The van der Waals surface area contributed by atoms with E-state index >= 15 is 0 Å². The number of esters is 1. The summed E-state index contributed by atoms with van der Waals surface area (Å²) in [6.45, 7) is 3.25. The van der Waals surface area contributed by atoms with Crippen molar-refractivity contribution in [1.29, 1.82) is 0 Å². The number of hydrogen-bond acceptors (Lipinski definition) is 7. The van der Waals surface area contributed by atoms with Crippen molar-refractivity contribution in [3.8, 4) is 5.88 Å². The van der Waals surface area contributed by atoms with E-state index in [9.17, 15) is 23.1 Å². The Labute approximate surface area is 164 Å². The topological polar surface area (TPSA) is 112 Å². The molecule has 0 amide bonds. The number of aliphatic hydroxyl groups excluding tert-OH is 1. The van der Waals surface area contributed by atoms with Crippen molar-refractivity contribution in [1.82, 2.24) is 4.98 Å². The van der Waals surface area contributed by atoms with Crippen LogP contribution < -0.4 is 9.04 Å². The van der Waals surface area contributed by atoms with Gasteiger partial charge < -0.3 is 19.1 Å². The standard InChI is InChI=1S/C18H21FN2O6S/c1-4-27-18(23)12-5-6-15(13(19)10-12)21(28(24)25)16-7-8-17(26-3)20-14(16)9-11(2)22/h5-8,10-11,22H,4,9H2,1-3H3,(H,24,25)/p-1. The van der Waals surface area contributed by atoms with Crippen LogP contribution in [0.4, 0.5) is 15.8 Å². The van der Waals surface area contributed by atoms with Crippen LogP contribution in [-0.2, 0) is 22.4 Å². The van der Waals surface area contributed by atoms with Crippen LogP contribution in [0.25, 0.3) is 0 Å². The molecular weight excluding hydrogens is 391 g/mol. The lowest BCUT2D eigenvalue weighted by molar-refractivity contribution is 0.0526. The Morgan fingerprint density at radius 3 is 2.57 bits per heavy atom.